The van der Waals surface area contributed by atoms with E-state index in [0.717, 1.165) is 23.4 Å². The molecule has 2 amide bonds. The van der Waals surface area contributed by atoms with Gasteiger partial charge < -0.3 is 19.9 Å². The normalized spacial score (nSPS) is 11.8. The second-order valence-electron chi connectivity index (χ2n) is 5.12. The molecule has 0 bridgehead atoms. The molecule has 2 aromatic heterocycles. The molecule has 2 aromatic rings. The lowest BCUT2D eigenvalue weighted by Crippen LogP contribution is -2.32. The first-order valence-corrected chi connectivity index (χ1v) is 7.64. The molecular formula is C16H22N4O3. The minimum absolute atomic E-state index is 0.156. The minimum Gasteiger partial charge on any atom is -0.478 e. The van der Waals surface area contributed by atoms with Crippen molar-refractivity contribution in [1.29, 1.82) is 0 Å². The van der Waals surface area contributed by atoms with E-state index in [1.54, 1.807) is 18.3 Å². The summed E-state index contributed by atoms with van der Waals surface area (Å²) in [6.45, 7) is 8.14. The number of carbonyl (C=O) groups excluding carboxylic acids is 1. The SMILES string of the molecule is CCOc1ccc(NC(=O)NC(CC)c2c(C)noc2C)cn1. The van der Waals surface area contributed by atoms with Gasteiger partial charge in [-0.3, -0.25) is 0 Å². The molecule has 2 N–H and O–H groups in total. The standard InChI is InChI=1S/C16H22N4O3/c1-5-13(15-10(3)20-23-11(15)4)19-16(21)18-12-7-8-14(17-9-12)22-6-2/h7-9,13H,5-6H2,1-4H3,(H2,18,19,21). The first-order valence-electron chi connectivity index (χ1n) is 7.64. The molecule has 0 aliphatic carbocycles. The van der Waals surface area contributed by atoms with Crippen LogP contribution in [0.5, 0.6) is 5.88 Å². The maximum absolute atomic E-state index is 12.2. The number of pyridine rings is 1. The van der Waals surface area contributed by atoms with Crippen LogP contribution in [-0.4, -0.2) is 22.8 Å². The number of anilines is 1. The van der Waals surface area contributed by atoms with Crippen LogP contribution in [0.15, 0.2) is 22.9 Å². The van der Waals surface area contributed by atoms with Gasteiger partial charge in [0.05, 0.1) is 30.2 Å². The molecule has 0 spiro atoms. The van der Waals surface area contributed by atoms with Crippen molar-refractivity contribution in [2.75, 3.05) is 11.9 Å². The number of amides is 2. The van der Waals surface area contributed by atoms with Crippen LogP contribution in [0, 0.1) is 13.8 Å². The molecular weight excluding hydrogens is 296 g/mol. The molecule has 0 fully saturated rings. The van der Waals surface area contributed by atoms with Gasteiger partial charge in [-0.2, -0.15) is 0 Å². The van der Waals surface area contributed by atoms with E-state index in [-0.39, 0.29) is 12.1 Å². The number of nitrogens with zero attached hydrogens (tertiary/aromatic N) is 2. The third kappa shape index (κ3) is 4.21. The van der Waals surface area contributed by atoms with E-state index in [1.807, 2.05) is 27.7 Å². The number of urea groups is 1. The van der Waals surface area contributed by atoms with Gasteiger partial charge in [-0.1, -0.05) is 12.1 Å². The Labute approximate surface area is 135 Å². The largest absolute Gasteiger partial charge is 0.478 e. The van der Waals surface area contributed by atoms with E-state index < -0.39 is 0 Å². The van der Waals surface area contributed by atoms with Crippen molar-refractivity contribution < 1.29 is 14.1 Å². The third-order valence-corrected chi connectivity index (χ3v) is 3.44. The zero-order chi connectivity index (χ0) is 16.8. The number of hydrogen-bond acceptors (Lipinski definition) is 5. The molecule has 0 saturated carbocycles. The van der Waals surface area contributed by atoms with Crippen LogP contribution in [0.3, 0.4) is 0 Å². The maximum atomic E-state index is 12.2. The Hall–Kier alpha value is -2.57. The van der Waals surface area contributed by atoms with Crippen LogP contribution in [0.4, 0.5) is 10.5 Å². The van der Waals surface area contributed by atoms with Crippen molar-refractivity contribution in [3.8, 4) is 5.88 Å². The van der Waals surface area contributed by atoms with Gasteiger partial charge in [-0.05, 0) is 33.3 Å². The number of nitrogens with one attached hydrogen (secondary N) is 2. The van der Waals surface area contributed by atoms with Crippen LogP contribution < -0.4 is 15.4 Å². The Balaban J connectivity index is 2.00. The topological polar surface area (TPSA) is 89.3 Å². The first kappa shape index (κ1) is 16.8. The number of rotatable bonds is 6. The number of aromatic nitrogens is 2. The van der Waals surface area contributed by atoms with E-state index in [4.69, 9.17) is 9.26 Å². The van der Waals surface area contributed by atoms with Gasteiger partial charge in [0.2, 0.25) is 5.88 Å². The van der Waals surface area contributed by atoms with Crippen LogP contribution in [0.25, 0.3) is 0 Å². The predicted octanol–water partition coefficient (Wildman–Crippen LogP) is 3.36. The summed E-state index contributed by atoms with van der Waals surface area (Å²) in [7, 11) is 0. The predicted molar refractivity (Wildman–Crippen MR) is 86.6 cm³/mol. The van der Waals surface area contributed by atoms with Gasteiger partial charge in [-0.15, -0.1) is 0 Å². The smallest absolute Gasteiger partial charge is 0.319 e. The van der Waals surface area contributed by atoms with E-state index in [2.05, 4.69) is 20.8 Å². The lowest BCUT2D eigenvalue weighted by atomic mass is 10.0. The van der Waals surface area contributed by atoms with Crippen molar-refractivity contribution >= 4 is 11.7 Å². The summed E-state index contributed by atoms with van der Waals surface area (Å²) in [5, 5.41) is 9.62. The molecule has 1 atom stereocenters. The number of hydrogen-bond donors (Lipinski definition) is 2. The lowest BCUT2D eigenvalue weighted by molar-refractivity contribution is 0.248. The molecule has 0 aliphatic heterocycles. The summed E-state index contributed by atoms with van der Waals surface area (Å²) in [5.74, 6) is 1.25. The Morgan fingerprint density at radius 3 is 2.65 bits per heavy atom. The molecule has 7 nitrogen and oxygen atoms in total. The summed E-state index contributed by atoms with van der Waals surface area (Å²) < 4.78 is 10.4. The second-order valence-corrected chi connectivity index (χ2v) is 5.12. The fraction of sp³-hybridized carbons (Fsp3) is 0.438. The van der Waals surface area contributed by atoms with Crippen molar-refractivity contribution in [1.82, 2.24) is 15.5 Å². The summed E-state index contributed by atoms with van der Waals surface area (Å²) in [6, 6.07) is 3.00. The molecule has 0 aromatic carbocycles. The number of carbonyl (C=O) groups is 1. The summed E-state index contributed by atoms with van der Waals surface area (Å²) >= 11 is 0. The number of aryl methyl sites for hydroxylation is 2. The van der Waals surface area contributed by atoms with Gasteiger partial charge in [0.25, 0.3) is 0 Å². The van der Waals surface area contributed by atoms with Crippen molar-refractivity contribution in [3.05, 3.63) is 35.3 Å². The maximum Gasteiger partial charge on any atom is 0.319 e. The highest BCUT2D eigenvalue weighted by molar-refractivity contribution is 5.89. The van der Waals surface area contributed by atoms with E-state index >= 15 is 0 Å². The van der Waals surface area contributed by atoms with Gasteiger partial charge in [0.15, 0.2) is 0 Å². The quantitative estimate of drug-likeness (QED) is 0.852. The van der Waals surface area contributed by atoms with Crippen molar-refractivity contribution in [3.63, 3.8) is 0 Å². The monoisotopic (exact) mass is 318 g/mol. The second kappa shape index (κ2) is 7.62. The van der Waals surface area contributed by atoms with Crippen molar-refractivity contribution in [2.45, 2.75) is 40.2 Å². The highest BCUT2D eigenvalue weighted by Crippen LogP contribution is 2.24. The fourth-order valence-corrected chi connectivity index (χ4v) is 2.38. The summed E-state index contributed by atoms with van der Waals surface area (Å²) in [4.78, 5) is 16.3. The van der Waals surface area contributed by atoms with E-state index in [9.17, 15) is 4.79 Å². The summed E-state index contributed by atoms with van der Waals surface area (Å²) in [6.07, 6.45) is 2.29. The van der Waals surface area contributed by atoms with Gasteiger partial charge in [0.1, 0.15) is 5.76 Å². The average Bonchev–Trinajstić information content (AvgIpc) is 2.86. The van der Waals surface area contributed by atoms with Gasteiger partial charge in [0, 0.05) is 11.6 Å². The molecule has 0 aliphatic rings. The van der Waals surface area contributed by atoms with E-state index in [1.165, 1.54) is 0 Å². The van der Waals surface area contributed by atoms with Gasteiger partial charge in [-0.25, -0.2) is 9.78 Å². The van der Waals surface area contributed by atoms with Crippen LogP contribution in [-0.2, 0) is 0 Å². The Morgan fingerprint density at radius 2 is 2.13 bits per heavy atom. The Morgan fingerprint density at radius 1 is 1.35 bits per heavy atom. The van der Waals surface area contributed by atoms with Crippen LogP contribution >= 0.6 is 0 Å². The summed E-state index contributed by atoms with van der Waals surface area (Å²) in [5.41, 5.74) is 2.31. The average molecular weight is 318 g/mol. The first-order chi connectivity index (χ1) is 11.0. The molecule has 0 radical (unpaired) electrons. The number of ether oxygens (including phenoxy) is 1. The lowest BCUT2D eigenvalue weighted by Gasteiger charge is -2.17. The minimum atomic E-state index is -0.303. The molecule has 23 heavy (non-hydrogen) atoms. The fourth-order valence-electron chi connectivity index (χ4n) is 2.38. The molecule has 0 saturated heterocycles. The van der Waals surface area contributed by atoms with Crippen LogP contribution in [0.2, 0.25) is 0 Å². The van der Waals surface area contributed by atoms with E-state index in [0.29, 0.717) is 18.2 Å². The van der Waals surface area contributed by atoms with Crippen molar-refractivity contribution in [2.24, 2.45) is 0 Å². The molecule has 1 unspecified atom stereocenters. The zero-order valence-corrected chi connectivity index (χ0v) is 13.8. The third-order valence-electron chi connectivity index (χ3n) is 3.44. The highest BCUT2D eigenvalue weighted by Gasteiger charge is 2.20. The Bertz CT molecular complexity index is 632. The molecule has 2 rings (SSSR count). The van der Waals surface area contributed by atoms with Gasteiger partial charge >= 0.3 is 6.03 Å². The highest BCUT2D eigenvalue weighted by atomic mass is 16.5. The molecule has 2 heterocycles. The van der Waals surface area contributed by atoms with Crippen LogP contribution in [0.1, 0.15) is 43.3 Å². The Kier molecular flexibility index (Phi) is 5.56. The zero-order valence-electron chi connectivity index (χ0n) is 13.8. The molecule has 124 valence electrons. The molecule has 7 heteroatoms.